The molecule has 0 aromatic heterocycles. The smallest absolute Gasteiger partial charge is 0.264 e. The highest BCUT2D eigenvalue weighted by molar-refractivity contribution is 7.86. The zero-order valence-corrected chi connectivity index (χ0v) is 9.12. The summed E-state index contributed by atoms with van der Waals surface area (Å²) in [6.45, 7) is 3.33. The third-order valence-corrected chi connectivity index (χ3v) is 2.28. The van der Waals surface area contributed by atoms with Crippen LogP contribution in [-0.2, 0) is 14.3 Å². The molecular formula is C10H12O4S. The van der Waals surface area contributed by atoms with E-state index in [1.165, 1.54) is 0 Å². The van der Waals surface area contributed by atoms with Gasteiger partial charge in [-0.1, -0.05) is 30.8 Å². The summed E-state index contributed by atoms with van der Waals surface area (Å²) in [6.07, 6.45) is 0.927. The molecule has 0 saturated heterocycles. The van der Waals surface area contributed by atoms with Gasteiger partial charge in [0.05, 0.1) is 6.26 Å². The molecule has 1 aromatic rings. The van der Waals surface area contributed by atoms with Gasteiger partial charge in [0.25, 0.3) is 10.1 Å². The van der Waals surface area contributed by atoms with Gasteiger partial charge in [0.1, 0.15) is 12.4 Å². The summed E-state index contributed by atoms with van der Waals surface area (Å²) < 4.78 is 25.8. The first-order valence-corrected chi connectivity index (χ1v) is 6.02. The third-order valence-electron chi connectivity index (χ3n) is 1.74. The van der Waals surface area contributed by atoms with Crippen molar-refractivity contribution in [1.29, 1.82) is 0 Å². The van der Waals surface area contributed by atoms with Gasteiger partial charge in [-0.3, -0.25) is 4.18 Å². The van der Waals surface area contributed by atoms with Crippen molar-refractivity contribution in [2.45, 2.75) is 0 Å². The Morgan fingerprint density at radius 1 is 1.47 bits per heavy atom. The molecule has 0 aliphatic heterocycles. The number of aliphatic hydroxyl groups is 1. The highest BCUT2D eigenvalue weighted by Gasteiger charge is 2.04. The second kappa shape index (κ2) is 4.46. The Morgan fingerprint density at radius 2 is 2.07 bits per heavy atom. The van der Waals surface area contributed by atoms with E-state index in [4.69, 9.17) is 0 Å². The van der Waals surface area contributed by atoms with Crippen LogP contribution in [0, 0.1) is 0 Å². The van der Waals surface area contributed by atoms with Gasteiger partial charge in [-0.05, 0) is 5.22 Å². The minimum Gasteiger partial charge on any atom is -0.509 e. The maximum atomic E-state index is 10.7. The van der Waals surface area contributed by atoms with Crippen molar-refractivity contribution in [3.05, 3.63) is 34.7 Å². The zero-order valence-electron chi connectivity index (χ0n) is 8.30. The predicted octanol–water partition coefficient (Wildman–Crippen LogP) is -0.261. The molecule has 15 heavy (non-hydrogen) atoms. The summed E-state index contributed by atoms with van der Waals surface area (Å²) in [4.78, 5) is 0. The molecule has 1 aromatic carbocycles. The SMILES string of the molecule is C=c1ccccc1=C(O)COS(C)(=O)=O. The maximum Gasteiger partial charge on any atom is 0.264 e. The van der Waals surface area contributed by atoms with Gasteiger partial charge in [0, 0.05) is 5.22 Å². The lowest BCUT2D eigenvalue weighted by Gasteiger charge is -2.00. The Morgan fingerprint density at radius 3 is 2.60 bits per heavy atom. The van der Waals surface area contributed by atoms with E-state index in [0.29, 0.717) is 10.4 Å². The van der Waals surface area contributed by atoms with Gasteiger partial charge in [-0.15, -0.1) is 0 Å². The van der Waals surface area contributed by atoms with Crippen LogP contribution in [-0.4, -0.2) is 26.4 Å². The van der Waals surface area contributed by atoms with Crippen LogP contribution in [0.4, 0.5) is 0 Å². The standard InChI is InChI=1S/C10H12O4S/c1-8-5-3-4-6-9(8)10(11)7-14-15(2,12)13/h3-6,11H,1,7H2,2H3. The van der Waals surface area contributed by atoms with E-state index in [1.54, 1.807) is 24.3 Å². The monoisotopic (exact) mass is 228 g/mol. The molecule has 4 nitrogen and oxygen atoms in total. The summed E-state index contributed by atoms with van der Waals surface area (Å²) in [5.74, 6) is -0.147. The van der Waals surface area contributed by atoms with Crippen LogP contribution < -0.4 is 10.4 Å². The second-order valence-electron chi connectivity index (χ2n) is 3.07. The van der Waals surface area contributed by atoms with Crippen molar-refractivity contribution in [2.75, 3.05) is 12.9 Å². The van der Waals surface area contributed by atoms with Crippen molar-refractivity contribution in [3.8, 4) is 0 Å². The van der Waals surface area contributed by atoms with Gasteiger partial charge in [-0.25, -0.2) is 0 Å². The van der Waals surface area contributed by atoms with Crippen LogP contribution in [0.3, 0.4) is 0 Å². The van der Waals surface area contributed by atoms with Crippen molar-refractivity contribution < 1.29 is 17.7 Å². The Balaban J connectivity index is 3.03. The lowest BCUT2D eigenvalue weighted by molar-refractivity contribution is 0.323. The van der Waals surface area contributed by atoms with E-state index < -0.39 is 10.1 Å². The fraction of sp³-hybridized carbons (Fsp3) is 0.200. The Kier molecular flexibility index (Phi) is 3.49. The summed E-state index contributed by atoms with van der Waals surface area (Å²) in [7, 11) is -3.54. The summed E-state index contributed by atoms with van der Waals surface area (Å²) in [5.41, 5.74) is 0. The molecule has 5 heteroatoms. The lowest BCUT2D eigenvalue weighted by Crippen LogP contribution is -2.26. The molecule has 1 rings (SSSR count). The number of aliphatic hydroxyl groups excluding tert-OH is 1. The topological polar surface area (TPSA) is 63.6 Å². The lowest BCUT2D eigenvalue weighted by atomic mass is 10.2. The molecule has 0 heterocycles. The van der Waals surface area contributed by atoms with Crippen LogP contribution in [0.1, 0.15) is 0 Å². The van der Waals surface area contributed by atoms with Crippen molar-refractivity contribution in [2.24, 2.45) is 0 Å². The highest BCUT2D eigenvalue weighted by Crippen LogP contribution is 1.92. The van der Waals surface area contributed by atoms with Gasteiger partial charge in [-0.2, -0.15) is 8.42 Å². The van der Waals surface area contributed by atoms with Crippen LogP contribution in [0.2, 0.25) is 0 Å². The van der Waals surface area contributed by atoms with E-state index in [9.17, 15) is 13.5 Å². The molecule has 0 unspecified atom stereocenters. The van der Waals surface area contributed by atoms with Crippen LogP contribution in [0.15, 0.2) is 24.3 Å². The molecule has 0 aliphatic rings. The minimum atomic E-state index is -3.54. The molecule has 0 saturated carbocycles. The third kappa shape index (κ3) is 3.73. The molecule has 0 fully saturated rings. The Hall–Kier alpha value is -1.33. The fourth-order valence-electron chi connectivity index (χ4n) is 1.04. The molecule has 0 aliphatic carbocycles. The van der Waals surface area contributed by atoms with E-state index in [-0.39, 0.29) is 12.4 Å². The molecule has 1 N–H and O–H groups in total. The number of benzene rings is 1. The first kappa shape index (κ1) is 11.7. The van der Waals surface area contributed by atoms with Crippen LogP contribution in [0.5, 0.6) is 0 Å². The Labute approximate surface area is 88.3 Å². The fourth-order valence-corrected chi connectivity index (χ4v) is 1.37. The molecule has 0 amide bonds. The van der Waals surface area contributed by atoms with Crippen molar-refractivity contribution in [3.63, 3.8) is 0 Å². The van der Waals surface area contributed by atoms with E-state index >= 15 is 0 Å². The molecule has 0 radical (unpaired) electrons. The molecule has 82 valence electrons. The van der Waals surface area contributed by atoms with E-state index in [2.05, 4.69) is 10.8 Å². The first-order chi connectivity index (χ1) is 6.90. The van der Waals surface area contributed by atoms with Crippen molar-refractivity contribution in [1.82, 2.24) is 0 Å². The quantitative estimate of drug-likeness (QED) is 0.724. The number of rotatable bonds is 3. The van der Waals surface area contributed by atoms with Crippen molar-refractivity contribution >= 4 is 22.5 Å². The van der Waals surface area contributed by atoms with Gasteiger partial charge < -0.3 is 5.11 Å². The van der Waals surface area contributed by atoms with Gasteiger partial charge >= 0.3 is 0 Å². The van der Waals surface area contributed by atoms with E-state index in [0.717, 1.165) is 6.26 Å². The summed E-state index contributed by atoms with van der Waals surface area (Å²) in [6, 6.07) is 6.85. The average molecular weight is 228 g/mol. The van der Waals surface area contributed by atoms with E-state index in [1.807, 2.05) is 0 Å². The minimum absolute atomic E-state index is 0.147. The Bertz CT molecular complexity index is 545. The summed E-state index contributed by atoms with van der Waals surface area (Å²) >= 11 is 0. The first-order valence-electron chi connectivity index (χ1n) is 4.20. The van der Waals surface area contributed by atoms with Gasteiger partial charge in [0.2, 0.25) is 0 Å². The molecule has 0 bridgehead atoms. The normalized spacial score (nSPS) is 13.7. The van der Waals surface area contributed by atoms with Crippen LogP contribution >= 0.6 is 0 Å². The number of hydrogen-bond donors (Lipinski definition) is 1. The molecular weight excluding hydrogens is 216 g/mol. The van der Waals surface area contributed by atoms with Crippen LogP contribution in [0.25, 0.3) is 12.3 Å². The number of hydrogen-bond acceptors (Lipinski definition) is 4. The highest BCUT2D eigenvalue weighted by atomic mass is 32.2. The average Bonchev–Trinajstić information content (AvgIpc) is 2.14. The van der Waals surface area contributed by atoms with Gasteiger partial charge in [0.15, 0.2) is 0 Å². The molecule has 0 spiro atoms. The summed E-state index contributed by atoms with van der Waals surface area (Å²) in [5, 5.41) is 10.7. The zero-order chi connectivity index (χ0) is 11.5. The predicted molar refractivity (Wildman–Crippen MR) is 58.0 cm³/mol. The molecule has 0 atom stereocenters. The maximum absolute atomic E-state index is 10.7. The largest absolute Gasteiger partial charge is 0.509 e. The second-order valence-corrected chi connectivity index (χ2v) is 4.71.